The number of aliphatic hydroxyl groups is 4. The number of rotatable bonds is 11. The van der Waals surface area contributed by atoms with Gasteiger partial charge in [0, 0.05) is 118 Å². The summed E-state index contributed by atoms with van der Waals surface area (Å²) < 4.78 is 19.1. The van der Waals surface area contributed by atoms with Gasteiger partial charge in [0.05, 0.1) is 35.9 Å². The summed E-state index contributed by atoms with van der Waals surface area (Å²) >= 11 is 0. The van der Waals surface area contributed by atoms with E-state index in [2.05, 4.69) is 5.32 Å². The molecule has 2 saturated carbocycles. The summed E-state index contributed by atoms with van der Waals surface area (Å²) in [6.07, 6.45) is -6.27. The van der Waals surface area contributed by atoms with Crippen molar-refractivity contribution in [2.24, 2.45) is 22.7 Å². The van der Waals surface area contributed by atoms with Gasteiger partial charge < -0.3 is 39.6 Å². The Balaban J connectivity index is 0.00000360. The second-order valence-corrected chi connectivity index (χ2v) is 21.9. The third kappa shape index (κ3) is 8.21. The molecule has 306 valence electrons. The second-order valence-electron chi connectivity index (χ2n) is 17.1. The molecule has 5 N–H and O–H groups in total. The molecule has 1 amide bonds. The molecule has 2 aromatic carbocycles. The van der Waals surface area contributed by atoms with E-state index in [-0.39, 0.29) is 113 Å². The van der Waals surface area contributed by atoms with Crippen molar-refractivity contribution in [1.82, 2.24) is 5.32 Å². The number of ether oxygens (including phenoxy) is 2. The number of amides is 1. The van der Waals surface area contributed by atoms with Crippen molar-refractivity contribution in [3.63, 3.8) is 0 Å². The van der Waals surface area contributed by atoms with E-state index < -0.39 is 96.4 Å². The van der Waals surface area contributed by atoms with Crippen LogP contribution in [0.1, 0.15) is 90.2 Å². The summed E-state index contributed by atoms with van der Waals surface area (Å²) in [6.45, 7) is 14.6. The zero-order valence-electron chi connectivity index (χ0n) is 34.5. The molecule has 2 bridgehead atoms. The van der Waals surface area contributed by atoms with Crippen LogP contribution in [0.5, 0.6) is 0 Å². The maximum atomic E-state index is 15.0. The average Bonchev–Trinajstić information content (AvgIpc) is 3.17. The predicted molar refractivity (Wildman–Crippen MR) is 208 cm³/mol. The molecule has 1 saturated heterocycles. The molecule has 0 spiro atoms. The third-order valence-electron chi connectivity index (χ3n) is 14.4. The van der Waals surface area contributed by atoms with Crippen LogP contribution in [0.15, 0.2) is 71.8 Å². The average molecular weight is 1230 g/mol. The van der Waals surface area contributed by atoms with Crippen molar-refractivity contribution < 1.29 is 137 Å². The summed E-state index contributed by atoms with van der Waals surface area (Å²) in [4.78, 5) is 43.3. The Kier molecular flexibility index (Phi) is 16.0. The number of nitrogens with one attached hydrogen (secondary N) is 1. The third-order valence-corrected chi connectivity index (χ3v) is 19.1. The molecule has 2 aromatic rings. The van der Waals surface area contributed by atoms with Gasteiger partial charge >= 0.3 is 5.97 Å². The van der Waals surface area contributed by atoms with Gasteiger partial charge in [-0.15, -0.1) is 0 Å². The van der Waals surface area contributed by atoms with Crippen LogP contribution in [0.2, 0.25) is 18.1 Å². The van der Waals surface area contributed by atoms with E-state index in [1.165, 1.54) is 0 Å². The Morgan fingerprint density at radius 2 is 1.51 bits per heavy atom. The maximum absolute atomic E-state index is 15.0. The molecule has 3 fully saturated rings. The van der Waals surface area contributed by atoms with E-state index in [1.54, 1.807) is 58.9 Å². The van der Waals surface area contributed by atoms with Crippen LogP contribution in [0, 0.1) is 111 Å². The first kappa shape index (κ1) is 49.3. The molecule has 9 unspecified atom stereocenters. The van der Waals surface area contributed by atoms with E-state index >= 15 is 0 Å². The molecule has 6 rings (SSSR count). The van der Waals surface area contributed by atoms with E-state index in [1.807, 2.05) is 57.2 Å². The Bertz CT molecular complexity index is 1800. The fourth-order valence-electron chi connectivity index (χ4n) is 10.6. The molecule has 0 aromatic heterocycles. The van der Waals surface area contributed by atoms with Crippen molar-refractivity contribution >= 4 is 26.0 Å². The summed E-state index contributed by atoms with van der Waals surface area (Å²) in [6, 6.07) is 19.0. The largest absolute Gasteiger partial charge is 0.456 e. The summed E-state index contributed by atoms with van der Waals surface area (Å²) in [7, 11) is -2.57. The summed E-state index contributed by atoms with van der Waals surface area (Å²) in [5, 5.41) is 51.9. The van der Waals surface area contributed by atoms with Gasteiger partial charge in [-0.05, 0) is 66.7 Å². The molecule has 57 heavy (non-hydrogen) atoms. The van der Waals surface area contributed by atoms with Crippen LogP contribution in [0.3, 0.4) is 0 Å². The van der Waals surface area contributed by atoms with Gasteiger partial charge in [0.25, 0.3) is 5.91 Å². The van der Waals surface area contributed by atoms with Crippen LogP contribution in [0.4, 0.5) is 0 Å². The predicted octanol–water partition coefficient (Wildman–Crippen LogP) is 5.03. The minimum atomic E-state index is -2.57. The number of Topliss-reactive ketones (excluding diaryl/α,β-unsaturated/α-hetero) is 1. The Hall–Kier alpha value is -0.350. The topological polar surface area (TPSA) is 172 Å². The number of hydrogen-bond acceptors (Lipinski definition) is 10. The van der Waals surface area contributed by atoms with Crippen LogP contribution >= 0.6 is 0 Å². The number of benzene rings is 2. The van der Waals surface area contributed by atoms with Gasteiger partial charge in [0.1, 0.15) is 17.8 Å². The molecule has 11 atom stereocenters. The smallest absolute Gasteiger partial charge is 0.337 e. The Morgan fingerprint density at radius 3 is 2.04 bits per heavy atom. The molecule has 11 nitrogen and oxygen atoms in total. The maximum Gasteiger partial charge on any atom is 0.337 e. The van der Waals surface area contributed by atoms with Crippen LogP contribution < -0.4 is 5.32 Å². The van der Waals surface area contributed by atoms with Crippen LogP contribution in [-0.4, -0.2) is 94.7 Å². The van der Waals surface area contributed by atoms with Crippen LogP contribution in [0.25, 0.3) is 0 Å². The zero-order valence-corrected chi connectivity index (χ0v) is 45.0. The molecular weight excluding hydrogens is 1170 g/mol. The normalized spacial score (nSPS) is 34.0. The molecule has 1 heterocycles. The van der Waals surface area contributed by atoms with Gasteiger partial charge in [0.15, 0.2) is 20.2 Å². The number of hydrogen-bond donors (Lipinski definition) is 5. The Labute approximate surface area is 409 Å². The Morgan fingerprint density at radius 1 is 0.947 bits per heavy atom. The molecule has 1 aliphatic heterocycles. The first-order chi connectivity index (χ1) is 25.9. The second kappa shape index (κ2) is 18.6. The first-order valence-electron chi connectivity index (χ1n) is 19.8. The molecule has 3 aliphatic carbocycles. The van der Waals surface area contributed by atoms with Crippen molar-refractivity contribution in [3.05, 3.63) is 82.9 Å². The monoisotopic (exact) mass is 1230 g/mol. The standard InChI is InChI=1S/C43H59NO10Si.2Ac/c1-9-55(10-2,11-3)54-35(33(27-18-14-12-15-19-27)44-38(48)28-20-16-13-17-21-28)39(49)53-29-23-43(51)26(5)36-41(8,30(45)22-31-42(36,50)24-52-31)37(47)34(46)32(25(29)4)40(43,6)7;;/h12-21,26,29-31,33-36,45-46,50-51H,9-11,22-24H2,1-8H3,(H,44,48);;/t26-,29?,30?,31?,33?,34?,35?,36?,41+,42?,43?;;/m0../s1. The molecule has 4 aliphatic rings. The van der Waals surface area contributed by atoms with Crippen molar-refractivity contribution in [2.75, 3.05) is 6.61 Å². The number of aliphatic hydroxyl groups excluding tert-OH is 2. The van der Waals surface area contributed by atoms with Gasteiger partial charge in [0.2, 0.25) is 0 Å². The quantitative estimate of drug-likeness (QED) is 0.117. The number of fused-ring (bicyclic) bond motifs is 5. The minimum absolute atomic E-state index is 0. The molecule has 14 heteroatoms. The van der Waals surface area contributed by atoms with E-state index in [4.69, 9.17) is 13.9 Å². The van der Waals surface area contributed by atoms with Gasteiger partial charge in [-0.1, -0.05) is 90.1 Å². The number of ketones is 1. The first-order valence-corrected chi connectivity index (χ1v) is 22.4. The molecular formula is C43H59Ac2NO10Si. The fourth-order valence-corrected chi connectivity index (χ4v) is 13.4. The SMILES string of the molecule is CC[Si](CC)(CC)OC(C(=O)OC1CC2(O)[C@@H](C)C3C4(O)COC4CC(O)[C@@]3(C)C(=O)C(O)C(=C1C)C2(C)C)C(NC(=O)c1ccccc1)c1ccccc1.[Ac].[Ac]. The van der Waals surface area contributed by atoms with E-state index in [0.717, 1.165) is 0 Å². The number of carbonyl (C=O) groups excluding carboxylic acids is 3. The minimum Gasteiger partial charge on any atom is -0.456 e. The van der Waals surface area contributed by atoms with Crippen LogP contribution in [-0.2, 0) is 23.5 Å². The van der Waals surface area contributed by atoms with Crippen molar-refractivity contribution in [3.8, 4) is 0 Å². The van der Waals surface area contributed by atoms with E-state index in [0.29, 0.717) is 34.8 Å². The molecule has 2 radical (unpaired) electrons. The van der Waals surface area contributed by atoms with Gasteiger partial charge in [-0.25, -0.2) is 4.79 Å². The number of carbonyl (C=O) groups is 3. The summed E-state index contributed by atoms with van der Waals surface area (Å²) in [5.74, 6) is -3.65. The van der Waals surface area contributed by atoms with E-state index in [9.17, 15) is 34.8 Å². The van der Waals surface area contributed by atoms with Gasteiger partial charge in [-0.3, -0.25) is 9.59 Å². The van der Waals surface area contributed by atoms with Crippen molar-refractivity contribution in [2.45, 2.75) is 134 Å². The zero-order chi connectivity index (χ0) is 40.3. The van der Waals surface area contributed by atoms with Crippen molar-refractivity contribution in [1.29, 1.82) is 0 Å². The number of esters is 1. The summed E-state index contributed by atoms with van der Waals surface area (Å²) in [5.41, 5.74) is -4.45. The van der Waals surface area contributed by atoms with Gasteiger partial charge in [-0.2, -0.15) is 0 Å². The fraction of sp³-hybridized carbons (Fsp3) is 0.605.